The van der Waals surface area contributed by atoms with E-state index in [1.165, 1.54) is 16.4 Å². The molecule has 8 nitrogen and oxygen atoms in total. The summed E-state index contributed by atoms with van der Waals surface area (Å²) in [4.78, 5) is 12.8. The van der Waals surface area contributed by atoms with Crippen LogP contribution in [0.3, 0.4) is 0 Å². The van der Waals surface area contributed by atoms with Crippen LogP contribution in [0.2, 0.25) is 0 Å². The highest BCUT2D eigenvalue weighted by molar-refractivity contribution is 9.10. The molecule has 2 N–H and O–H groups in total. The monoisotopic (exact) mass is 527 g/mol. The molecule has 0 bridgehead atoms. The molecular weight excluding hydrogens is 506 g/mol. The van der Waals surface area contributed by atoms with Crippen molar-refractivity contribution in [3.05, 3.63) is 52.5 Å². The minimum absolute atomic E-state index is 0.0798. The summed E-state index contributed by atoms with van der Waals surface area (Å²) >= 11 is 8.57. The summed E-state index contributed by atoms with van der Waals surface area (Å²) in [5.74, 6) is 0.0254. The molecule has 11 heteroatoms. The number of carbonyl (C=O) groups excluding carboxylic acids is 1. The summed E-state index contributed by atoms with van der Waals surface area (Å²) in [5.41, 5.74) is 0.887. The van der Waals surface area contributed by atoms with Crippen LogP contribution < -0.4 is 15.4 Å². The number of thiocarbonyl (C=S) groups is 1. The third-order valence-electron chi connectivity index (χ3n) is 4.43. The predicted octanol–water partition coefficient (Wildman–Crippen LogP) is 3.00. The molecular formula is C20H22BrN3O5S2. The van der Waals surface area contributed by atoms with Gasteiger partial charge in [0.05, 0.1) is 30.3 Å². The number of anilines is 1. The van der Waals surface area contributed by atoms with E-state index in [1.807, 2.05) is 6.92 Å². The maximum Gasteiger partial charge on any atom is 0.261 e. The molecule has 0 radical (unpaired) electrons. The van der Waals surface area contributed by atoms with Gasteiger partial charge in [-0.2, -0.15) is 4.31 Å². The number of ether oxygens (including phenoxy) is 2. The Labute approximate surface area is 195 Å². The van der Waals surface area contributed by atoms with Gasteiger partial charge >= 0.3 is 0 Å². The van der Waals surface area contributed by atoms with E-state index in [-0.39, 0.29) is 10.0 Å². The van der Waals surface area contributed by atoms with Crippen LogP contribution in [0.25, 0.3) is 0 Å². The number of nitrogens with one attached hydrogen (secondary N) is 2. The minimum Gasteiger partial charge on any atom is -0.493 e. The Balaban J connectivity index is 1.65. The van der Waals surface area contributed by atoms with Gasteiger partial charge in [0.25, 0.3) is 5.91 Å². The summed E-state index contributed by atoms with van der Waals surface area (Å²) < 4.78 is 38.2. The van der Waals surface area contributed by atoms with Crippen molar-refractivity contribution >= 4 is 54.9 Å². The van der Waals surface area contributed by atoms with E-state index >= 15 is 0 Å². The van der Waals surface area contributed by atoms with E-state index in [1.54, 1.807) is 30.3 Å². The lowest BCUT2D eigenvalue weighted by Crippen LogP contribution is -2.40. The smallest absolute Gasteiger partial charge is 0.261 e. The largest absolute Gasteiger partial charge is 0.493 e. The fraction of sp³-hybridized carbons (Fsp3) is 0.300. The molecule has 3 rings (SSSR count). The normalized spacial score (nSPS) is 14.6. The number of nitrogens with zero attached hydrogens (tertiary/aromatic N) is 1. The molecule has 0 unspecified atom stereocenters. The van der Waals surface area contributed by atoms with Crippen LogP contribution >= 0.6 is 28.1 Å². The first-order valence-corrected chi connectivity index (χ1v) is 12.2. The second-order valence-electron chi connectivity index (χ2n) is 6.52. The molecule has 1 aliphatic rings. The Morgan fingerprint density at radius 2 is 1.87 bits per heavy atom. The van der Waals surface area contributed by atoms with E-state index < -0.39 is 15.9 Å². The second-order valence-corrected chi connectivity index (χ2v) is 9.78. The molecule has 0 saturated carbocycles. The quantitative estimate of drug-likeness (QED) is 0.557. The lowest BCUT2D eigenvalue weighted by Gasteiger charge is -2.26. The zero-order valence-corrected chi connectivity index (χ0v) is 20.0. The van der Waals surface area contributed by atoms with E-state index in [0.717, 1.165) is 4.47 Å². The molecule has 0 atom stereocenters. The fourth-order valence-corrected chi connectivity index (χ4v) is 4.92. The van der Waals surface area contributed by atoms with Gasteiger partial charge in [-0.1, -0.05) is 15.9 Å². The summed E-state index contributed by atoms with van der Waals surface area (Å²) in [6.45, 7) is 3.68. The maximum absolute atomic E-state index is 12.7. The fourth-order valence-electron chi connectivity index (χ4n) is 2.94. The SMILES string of the molecule is CCOc1ccc(Br)cc1C(=O)NC(=S)Nc1ccc(S(=O)(=O)N2CCOCC2)cc1. The first kappa shape index (κ1) is 23.6. The zero-order valence-electron chi connectivity index (χ0n) is 16.8. The molecule has 0 aromatic heterocycles. The number of hydrogen-bond acceptors (Lipinski definition) is 6. The van der Waals surface area contributed by atoms with Gasteiger partial charge in [-0.15, -0.1) is 0 Å². The Bertz CT molecular complexity index is 1050. The molecule has 1 heterocycles. The number of halogens is 1. The molecule has 166 valence electrons. The average molecular weight is 528 g/mol. The summed E-state index contributed by atoms with van der Waals surface area (Å²) in [6.07, 6.45) is 0. The first-order valence-electron chi connectivity index (χ1n) is 9.54. The molecule has 1 aliphatic heterocycles. The van der Waals surface area contributed by atoms with Crippen molar-refractivity contribution in [3.63, 3.8) is 0 Å². The van der Waals surface area contributed by atoms with Crippen molar-refractivity contribution in [2.45, 2.75) is 11.8 Å². The van der Waals surface area contributed by atoms with Gasteiger partial charge in [-0.3, -0.25) is 10.1 Å². The van der Waals surface area contributed by atoms with Gasteiger partial charge in [0, 0.05) is 23.2 Å². The molecule has 2 aromatic rings. The third kappa shape index (κ3) is 6.01. The Hall–Kier alpha value is -2.05. The van der Waals surface area contributed by atoms with Crippen molar-refractivity contribution in [2.75, 3.05) is 38.2 Å². The lowest BCUT2D eigenvalue weighted by molar-refractivity contribution is 0.0730. The van der Waals surface area contributed by atoms with Gasteiger partial charge in [0.1, 0.15) is 5.75 Å². The van der Waals surface area contributed by atoms with E-state index in [0.29, 0.717) is 49.9 Å². The van der Waals surface area contributed by atoms with Crippen LogP contribution in [-0.2, 0) is 14.8 Å². The highest BCUT2D eigenvalue weighted by Gasteiger charge is 2.26. The highest BCUT2D eigenvalue weighted by Crippen LogP contribution is 2.23. The number of sulfonamides is 1. The van der Waals surface area contributed by atoms with Crippen LogP contribution in [-0.4, -0.2) is 56.7 Å². The zero-order chi connectivity index (χ0) is 22.4. The molecule has 31 heavy (non-hydrogen) atoms. The standard InChI is InChI=1S/C20H22BrN3O5S2/c1-2-29-18-8-3-14(21)13-17(18)19(25)23-20(30)22-15-4-6-16(7-5-15)31(26,27)24-9-11-28-12-10-24/h3-8,13H,2,9-12H2,1H3,(H2,22,23,25,30). The number of benzene rings is 2. The highest BCUT2D eigenvalue weighted by atomic mass is 79.9. The van der Waals surface area contributed by atoms with Gasteiger partial charge in [0.15, 0.2) is 5.11 Å². The number of carbonyl (C=O) groups is 1. The minimum atomic E-state index is -3.57. The summed E-state index contributed by atoms with van der Waals surface area (Å²) in [7, 11) is -3.57. The molecule has 1 fully saturated rings. The molecule has 1 saturated heterocycles. The predicted molar refractivity (Wildman–Crippen MR) is 125 cm³/mol. The van der Waals surface area contributed by atoms with Crippen LogP contribution in [0.5, 0.6) is 5.75 Å². The van der Waals surface area contributed by atoms with E-state index in [9.17, 15) is 13.2 Å². The van der Waals surface area contributed by atoms with Crippen molar-refractivity contribution in [3.8, 4) is 5.75 Å². The maximum atomic E-state index is 12.7. The van der Waals surface area contributed by atoms with E-state index in [2.05, 4.69) is 26.6 Å². The number of hydrogen-bond donors (Lipinski definition) is 2. The number of morpholine rings is 1. The Morgan fingerprint density at radius 1 is 1.19 bits per heavy atom. The summed E-state index contributed by atoms with van der Waals surface area (Å²) in [5, 5.41) is 5.57. The van der Waals surface area contributed by atoms with Crippen molar-refractivity contribution in [1.29, 1.82) is 0 Å². The number of rotatable bonds is 6. The first-order chi connectivity index (χ1) is 14.8. The second kappa shape index (κ2) is 10.5. The van der Waals surface area contributed by atoms with Gasteiger partial charge in [-0.25, -0.2) is 8.42 Å². The van der Waals surface area contributed by atoms with Crippen molar-refractivity contribution in [2.24, 2.45) is 0 Å². The number of amides is 1. The van der Waals surface area contributed by atoms with Gasteiger partial charge in [-0.05, 0) is 61.6 Å². The Kier molecular flexibility index (Phi) is 8.00. The molecule has 0 spiro atoms. The molecule has 2 aromatic carbocycles. The topological polar surface area (TPSA) is 97.0 Å². The van der Waals surface area contributed by atoms with Crippen molar-refractivity contribution in [1.82, 2.24) is 9.62 Å². The van der Waals surface area contributed by atoms with Crippen LogP contribution in [0, 0.1) is 0 Å². The molecule has 1 amide bonds. The summed E-state index contributed by atoms with van der Waals surface area (Å²) in [6, 6.07) is 11.3. The van der Waals surface area contributed by atoms with Crippen LogP contribution in [0.4, 0.5) is 5.69 Å². The third-order valence-corrected chi connectivity index (χ3v) is 7.04. The van der Waals surface area contributed by atoms with Crippen molar-refractivity contribution < 1.29 is 22.7 Å². The lowest BCUT2D eigenvalue weighted by atomic mass is 10.2. The van der Waals surface area contributed by atoms with Crippen LogP contribution in [0.1, 0.15) is 17.3 Å². The molecule has 0 aliphatic carbocycles. The van der Waals surface area contributed by atoms with E-state index in [4.69, 9.17) is 21.7 Å². The van der Waals surface area contributed by atoms with Gasteiger partial charge in [0.2, 0.25) is 10.0 Å². The Morgan fingerprint density at radius 3 is 2.52 bits per heavy atom. The average Bonchev–Trinajstić information content (AvgIpc) is 2.76. The van der Waals surface area contributed by atoms with Crippen LogP contribution in [0.15, 0.2) is 51.8 Å². The van der Waals surface area contributed by atoms with Gasteiger partial charge < -0.3 is 14.8 Å².